The van der Waals surface area contributed by atoms with Gasteiger partial charge in [0.15, 0.2) is 0 Å². The Kier molecular flexibility index (Phi) is 5.61. The molecule has 3 rings (SSSR count). The normalized spacial score (nSPS) is 16.2. The lowest BCUT2D eigenvalue weighted by Gasteiger charge is -2.28. The maximum absolute atomic E-state index is 12.7. The van der Waals surface area contributed by atoms with Crippen molar-refractivity contribution in [1.29, 1.82) is 0 Å². The molecule has 0 aliphatic carbocycles. The molecule has 140 valence electrons. The molecular formula is C20H22N4O3. The lowest BCUT2D eigenvalue weighted by atomic mass is 10.1. The maximum Gasteiger partial charge on any atom is 0.239 e. The quantitative estimate of drug-likeness (QED) is 0.820. The molecule has 1 heterocycles. The number of amides is 1. The fourth-order valence-electron chi connectivity index (χ4n) is 2.64. The lowest BCUT2D eigenvalue weighted by molar-refractivity contribution is -0.117. The van der Waals surface area contributed by atoms with Crippen LogP contribution in [-0.2, 0) is 9.53 Å². The summed E-state index contributed by atoms with van der Waals surface area (Å²) >= 11 is 0. The summed E-state index contributed by atoms with van der Waals surface area (Å²) < 4.78 is 10.8. The Morgan fingerprint density at radius 2 is 1.89 bits per heavy atom. The van der Waals surface area contributed by atoms with Crippen LogP contribution < -0.4 is 20.8 Å². The molecular weight excluding hydrogens is 344 g/mol. The molecule has 0 aromatic heterocycles. The summed E-state index contributed by atoms with van der Waals surface area (Å²) in [7, 11) is 1.59. The molecule has 0 fully saturated rings. The van der Waals surface area contributed by atoms with E-state index in [1.165, 1.54) is 0 Å². The fraction of sp³-hybridized carbons (Fsp3) is 0.200. The minimum Gasteiger partial charge on any atom is -0.497 e. The van der Waals surface area contributed by atoms with E-state index in [4.69, 9.17) is 15.2 Å². The second-order valence-corrected chi connectivity index (χ2v) is 5.81. The number of ether oxygens (including phenoxy) is 2. The van der Waals surface area contributed by atoms with E-state index >= 15 is 0 Å². The number of benzene rings is 2. The average Bonchev–Trinajstić information content (AvgIpc) is 2.70. The van der Waals surface area contributed by atoms with Gasteiger partial charge in [-0.3, -0.25) is 4.79 Å². The number of nitrogens with one attached hydrogen (secondary N) is 1. The monoisotopic (exact) mass is 366 g/mol. The molecule has 1 amide bonds. The topological polar surface area (TPSA) is 89.2 Å². The molecule has 27 heavy (non-hydrogen) atoms. The molecule has 7 nitrogen and oxygen atoms in total. The largest absolute Gasteiger partial charge is 0.497 e. The molecule has 1 atom stereocenters. The van der Waals surface area contributed by atoms with Gasteiger partial charge in [-0.15, -0.1) is 0 Å². The number of nitrogens with zero attached hydrogens (tertiary/aromatic N) is 2. The Labute approximate surface area is 158 Å². The highest BCUT2D eigenvalue weighted by molar-refractivity contribution is 6.10. The van der Waals surface area contributed by atoms with E-state index in [1.54, 1.807) is 42.5 Å². The van der Waals surface area contributed by atoms with Crippen molar-refractivity contribution in [3.05, 3.63) is 66.6 Å². The van der Waals surface area contributed by atoms with Crippen LogP contribution in [0.25, 0.3) is 0 Å². The highest BCUT2D eigenvalue weighted by Gasteiger charge is 2.29. The second kappa shape index (κ2) is 8.27. The van der Waals surface area contributed by atoms with Crippen molar-refractivity contribution in [2.75, 3.05) is 24.0 Å². The summed E-state index contributed by atoms with van der Waals surface area (Å²) in [4.78, 5) is 12.7. The van der Waals surface area contributed by atoms with Gasteiger partial charge < -0.3 is 20.5 Å². The van der Waals surface area contributed by atoms with Crippen LogP contribution in [0.15, 0.2) is 71.7 Å². The summed E-state index contributed by atoms with van der Waals surface area (Å²) in [6.07, 6.45) is 1.68. The Bertz CT molecular complexity index is 847. The Hall–Kier alpha value is -3.48. The second-order valence-electron chi connectivity index (χ2n) is 5.81. The Morgan fingerprint density at radius 3 is 2.52 bits per heavy atom. The SMILES string of the molecule is CCOC1=CC(C(=O)Nc2ccc(OC)cc2)C(N)=NN1c1ccccc1. The van der Waals surface area contributed by atoms with Crippen molar-refractivity contribution in [2.45, 2.75) is 6.92 Å². The van der Waals surface area contributed by atoms with Crippen LogP contribution in [0.4, 0.5) is 11.4 Å². The van der Waals surface area contributed by atoms with Crippen molar-refractivity contribution >= 4 is 23.1 Å². The number of hydrazone groups is 1. The number of amidine groups is 1. The van der Waals surface area contributed by atoms with Gasteiger partial charge in [0.2, 0.25) is 11.8 Å². The van der Waals surface area contributed by atoms with Gasteiger partial charge in [-0.25, -0.2) is 0 Å². The number of rotatable bonds is 6. The van der Waals surface area contributed by atoms with E-state index in [9.17, 15) is 4.79 Å². The smallest absolute Gasteiger partial charge is 0.239 e. The van der Waals surface area contributed by atoms with E-state index < -0.39 is 5.92 Å². The zero-order chi connectivity index (χ0) is 19.2. The van der Waals surface area contributed by atoms with E-state index in [1.807, 2.05) is 37.3 Å². The molecule has 1 aliphatic rings. The number of hydrogen-bond donors (Lipinski definition) is 2. The van der Waals surface area contributed by atoms with E-state index in [0.717, 1.165) is 5.69 Å². The van der Waals surface area contributed by atoms with Crippen molar-refractivity contribution in [3.63, 3.8) is 0 Å². The third-order valence-corrected chi connectivity index (χ3v) is 3.99. The van der Waals surface area contributed by atoms with Gasteiger partial charge >= 0.3 is 0 Å². The summed E-state index contributed by atoms with van der Waals surface area (Å²) in [6, 6.07) is 16.5. The third kappa shape index (κ3) is 4.20. The van der Waals surface area contributed by atoms with Crippen molar-refractivity contribution in [2.24, 2.45) is 16.8 Å². The number of methoxy groups -OCH3 is 1. The highest BCUT2D eigenvalue weighted by atomic mass is 16.5. The van der Waals surface area contributed by atoms with Crippen LogP contribution in [0.5, 0.6) is 5.75 Å². The number of carbonyl (C=O) groups is 1. The molecule has 1 aliphatic heterocycles. The van der Waals surface area contributed by atoms with Gasteiger partial charge in [0.25, 0.3) is 0 Å². The minimum absolute atomic E-state index is 0.188. The molecule has 0 saturated heterocycles. The van der Waals surface area contributed by atoms with Gasteiger partial charge in [-0.05, 0) is 49.4 Å². The zero-order valence-corrected chi connectivity index (χ0v) is 15.3. The standard InChI is InChI=1S/C20H22N4O3/c1-3-27-18-13-17(19(21)23-24(18)15-7-5-4-6-8-15)20(25)22-14-9-11-16(26-2)12-10-14/h4-13,17H,3H2,1-2H3,(H2,21,23)(H,22,25). The van der Waals surface area contributed by atoms with Crippen LogP contribution in [-0.4, -0.2) is 25.5 Å². The van der Waals surface area contributed by atoms with Crippen molar-refractivity contribution < 1.29 is 14.3 Å². The van der Waals surface area contributed by atoms with Gasteiger partial charge in [-0.2, -0.15) is 10.1 Å². The predicted molar refractivity (Wildman–Crippen MR) is 105 cm³/mol. The molecule has 0 radical (unpaired) electrons. The molecule has 7 heteroatoms. The average molecular weight is 366 g/mol. The fourth-order valence-corrected chi connectivity index (χ4v) is 2.64. The van der Waals surface area contributed by atoms with Gasteiger partial charge in [-0.1, -0.05) is 18.2 Å². The summed E-state index contributed by atoms with van der Waals surface area (Å²) in [6.45, 7) is 2.32. The van der Waals surface area contributed by atoms with Gasteiger partial charge in [0.05, 0.1) is 19.4 Å². The molecule has 0 bridgehead atoms. The van der Waals surface area contributed by atoms with E-state index in [2.05, 4.69) is 10.4 Å². The Balaban J connectivity index is 1.81. The highest BCUT2D eigenvalue weighted by Crippen LogP contribution is 2.26. The molecule has 1 unspecified atom stereocenters. The van der Waals surface area contributed by atoms with Crippen molar-refractivity contribution in [1.82, 2.24) is 0 Å². The summed E-state index contributed by atoms with van der Waals surface area (Å²) in [5, 5.41) is 8.81. The predicted octanol–water partition coefficient (Wildman–Crippen LogP) is 2.92. The number of hydrogen-bond acceptors (Lipinski definition) is 6. The molecule has 2 aromatic rings. The van der Waals surface area contributed by atoms with Crippen LogP contribution in [0.1, 0.15) is 6.92 Å². The third-order valence-electron chi connectivity index (χ3n) is 3.99. The minimum atomic E-state index is -0.728. The lowest BCUT2D eigenvalue weighted by Crippen LogP contribution is -2.40. The van der Waals surface area contributed by atoms with Gasteiger partial charge in [0, 0.05) is 5.69 Å². The molecule has 2 aromatic carbocycles. The number of carbonyl (C=O) groups excluding carboxylic acids is 1. The first-order valence-corrected chi connectivity index (χ1v) is 8.61. The van der Waals surface area contributed by atoms with E-state index in [0.29, 0.717) is 23.9 Å². The van der Waals surface area contributed by atoms with Crippen LogP contribution in [0.2, 0.25) is 0 Å². The first-order valence-electron chi connectivity index (χ1n) is 8.61. The van der Waals surface area contributed by atoms with Crippen LogP contribution >= 0.6 is 0 Å². The number of nitrogens with two attached hydrogens (primary N) is 1. The Morgan fingerprint density at radius 1 is 1.19 bits per heavy atom. The zero-order valence-electron chi connectivity index (χ0n) is 15.3. The summed E-state index contributed by atoms with van der Waals surface area (Å²) in [5.74, 6) is 0.352. The van der Waals surface area contributed by atoms with Crippen LogP contribution in [0, 0.1) is 5.92 Å². The van der Waals surface area contributed by atoms with Gasteiger partial charge in [0.1, 0.15) is 17.5 Å². The van der Waals surface area contributed by atoms with Crippen LogP contribution in [0.3, 0.4) is 0 Å². The molecule has 0 spiro atoms. The summed E-state index contributed by atoms with van der Waals surface area (Å²) in [5.41, 5.74) is 7.54. The first-order chi connectivity index (χ1) is 13.1. The number of para-hydroxylation sites is 1. The first kappa shape index (κ1) is 18.3. The van der Waals surface area contributed by atoms with E-state index in [-0.39, 0.29) is 11.7 Å². The maximum atomic E-state index is 12.7. The van der Waals surface area contributed by atoms with Crippen molar-refractivity contribution in [3.8, 4) is 5.75 Å². The molecule has 3 N–H and O–H groups in total. The number of anilines is 2. The molecule has 0 saturated carbocycles.